The second-order valence-electron chi connectivity index (χ2n) is 4.62. The molecule has 0 fully saturated rings. The van der Waals surface area contributed by atoms with Crippen LogP contribution in [0.15, 0.2) is 48.5 Å². The van der Waals surface area contributed by atoms with E-state index in [0.29, 0.717) is 6.61 Å². The maximum Gasteiger partial charge on any atom is 0.128 e. The fraction of sp³-hybridized carbons (Fsp3) is 0.125. The van der Waals surface area contributed by atoms with Crippen molar-refractivity contribution in [2.75, 3.05) is 0 Å². The van der Waals surface area contributed by atoms with Gasteiger partial charge in [-0.05, 0) is 42.8 Å². The molecule has 3 heteroatoms. The van der Waals surface area contributed by atoms with E-state index in [1.165, 1.54) is 10.9 Å². The third-order valence-electron chi connectivity index (χ3n) is 3.15. The summed E-state index contributed by atoms with van der Waals surface area (Å²) < 4.78 is 5.67. The molecule has 3 aromatic rings. The fourth-order valence-corrected chi connectivity index (χ4v) is 2.15. The van der Waals surface area contributed by atoms with Crippen molar-refractivity contribution in [3.05, 3.63) is 59.8 Å². The van der Waals surface area contributed by atoms with E-state index in [-0.39, 0.29) is 5.75 Å². The van der Waals surface area contributed by atoms with E-state index in [2.05, 4.69) is 36.2 Å². The Labute approximate surface area is 111 Å². The molecule has 0 radical (unpaired) electrons. The first-order chi connectivity index (χ1) is 9.22. The third-order valence-corrected chi connectivity index (χ3v) is 3.15. The van der Waals surface area contributed by atoms with Crippen LogP contribution in [0.2, 0.25) is 0 Å². The second kappa shape index (κ2) is 4.69. The molecule has 1 heterocycles. The second-order valence-corrected chi connectivity index (χ2v) is 4.62. The lowest BCUT2D eigenvalue weighted by atomic mass is 10.2. The smallest absolute Gasteiger partial charge is 0.128 e. The number of phenols is 1. The number of H-pyrrole nitrogens is 1. The summed E-state index contributed by atoms with van der Waals surface area (Å²) in [4.78, 5) is 3.37. The van der Waals surface area contributed by atoms with E-state index < -0.39 is 0 Å². The van der Waals surface area contributed by atoms with Crippen LogP contribution in [0.1, 0.15) is 11.3 Å². The Bertz CT molecular complexity index is 698. The molecule has 2 aromatic carbocycles. The molecule has 96 valence electrons. The number of hydrogen-bond donors (Lipinski definition) is 2. The average molecular weight is 253 g/mol. The predicted molar refractivity (Wildman–Crippen MR) is 75.5 cm³/mol. The van der Waals surface area contributed by atoms with E-state index in [9.17, 15) is 5.11 Å². The van der Waals surface area contributed by atoms with Gasteiger partial charge in [0.1, 0.15) is 18.1 Å². The number of rotatable bonds is 3. The molecule has 0 bridgehead atoms. The summed E-state index contributed by atoms with van der Waals surface area (Å²) in [7, 11) is 0. The van der Waals surface area contributed by atoms with Crippen molar-refractivity contribution in [1.82, 2.24) is 4.98 Å². The average Bonchev–Trinajstić information content (AvgIpc) is 2.83. The topological polar surface area (TPSA) is 45.2 Å². The number of fused-ring (bicyclic) bond motifs is 1. The Balaban J connectivity index is 1.78. The lowest BCUT2D eigenvalue weighted by molar-refractivity contribution is 0.302. The summed E-state index contributed by atoms with van der Waals surface area (Å²) in [5.74, 6) is 0.988. The number of aryl methyl sites for hydroxylation is 1. The molecular formula is C16H15NO2. The van der Waals surface area contributed by atoms with E-state index in [0.717, 1.165) is 17.0 Å². The molecule has 1 aromatic heterocycles. The fourth-order valence-electron chi connectivity index (χ4n) is 2.15. The zero-order chi connectivity index (χ0) is 13.2. The van der Waals surface area contributed by atoms with Crippen molar-refractivity contribution in [1.29, 1.82) is 0 Å². The maximum absolute atomic E-state index is 9.21. The Kier molecular flexibility index (Phi) is 2.88. The number of para-hydroxylation sites is 1. The number of hydrogen-bond acceptors (Lipinski definition) is 2. The Morgan fingerprint density at radius 1 is 1.11 bits per heavy atom. The quantitative estimate of drug-likeness (QED) is 0.746. The van der Waals surface area contributed by atoms with Crippen LogP contribution in [0.3, 0.4) is 0 Å². The Morgan fingerprint density at radius 3 is 2.63 bits per heavy atom. The van der Waals surface area contributed by atoms with Gasteiger partial charge in [-0.2, -0.15) is 0 Å². The highest BCUT2D eigenvalue weighted by Crippen LogP contribution is 2.21. The standard InChI is InChI=1S/C16H15NO2/c1-11-3-2-4-12-9-13(17-16(11)12)10-19-15-7-5-14(18)6-8-15/h2-9,17-18H,10H2,1H3. The number of ether oxygens (including phenoxy) is 1. The normalized spacial score (nSPS) is 10.8. The monoisotopic (exact) mass is 253 g/mol. The summed E-state index contributed by atoms with van der Waals surface area (Å²) in [6, 6.07) is 15.1. The van der Waals surface area contributed by atoms with Gasteiger partial charge in [-0.25, -0.2) is 0 Å². The molecule has 2 N–H and O–H groups in total. The number of aromatic nitrogens is 1. The van der Waals surface area contributed by atoms with E-state index >= 15 is 0 Å². The summed E-state index contributed by atoms with van der Waals surface area (Å²) >= 11 is 0. The van der Waals surface area contributed by atoms with Gasteiger partial charge in [0.15, 0.2) is 0 Å². The molecule has 0 saturated carbocycles. The summed E-state index contributed by atoms with van der Waals surface area (Å²) in [5, 5.41) is 10.4. The molecule has 19 heavy (non-hydrogen) atoms. The first kappa shape index (κ1) is 11.7. The van der Waals surface area contributed by atoms with Crippen molar-refractivity contribution < 1.29 is 9.84 Å². The molecule has 0 aliphatic rings. The molecule has 3 rings (SSSR count). The van der Waals surface area contributed by atoms with Crippen LogP contribution in [0.5, 0.6) is 11.5 Å². The predicted octanol–water partition coefficient (Wildman–Crippen LogP) is 3.76. The summed E-state index contributed by atoms with van der Waals surface area (Å²) in [6.07, 6.45) is 0. The molecule has 0 spiro atoms. The minimum Gasteiger partial charge on any atom is -0.508 e. The summed E-state index contributed by atoms with van der Waals surface area (Å²) in [5.41, 5.74) is 3.43. The number of aromatic hydroxyl groups is 1. The lowest BCUT2D eigenvalue weighted by Crippen LogP contribution is -1.95. The van der Waals surface area contributed by atoms with Gasteiger partial charge in [0.2, 0.25) is 0 Å². The van der Waals surface area contributed by atoms with Crippen molar-refractivity contribution >= 4 is 10.9 Å². The van der Waals surface area contributed by atoms with Crippen molar-refractivity contribution in [3.63, 3.8) is 0 Å². The van der Waals surface area contributed by atoms with Crippen LogP contribution in [-0.2, 0) is 6.61 Å². The molecule has 0 saturated heterocycles. The maximum atomic E-state index is 9.21. The van der Waals surface area contributed by atoms with Crippen LogP contribution in [0.25, 0.3) is 10.9 Å². The largest absolute Gasteiger partial charge is 0.508 e. The van der Waals surface area contributed by atoms with Crippen molar-refractivity contribution in [3.8, 4) is 11.5 Å². The first-order valence-electron chi connectivity index (χ1n) is 6.21. The van der Waals surface area contributed by atoms with Crippen molar-refractivity contribution in [2.45, 2.75) is 13.5 Å². The zero-order valence-corrected chi connectivity index (χ0v) is 10.7. The van der Waals surface area contributed by atoms with Crippen LogP contribution in [-0.4, -0.2) is 10.1 Å². The van der Waals surface area contributed by atoms with Gasteiger partial charge in [-0.3, -0.25) is 0 Å². The highest BCUT2D eigenvalue weighted by molar-refractivity contribution is 5.83. The van der Waals surface area contributed by atoms with Gasteiger partial charge >= 0.3 is 0 Å². The minimum absolute atomic E-state index is 0.244. The van der Waals surface area contributed by atoms with E-state index in [1.807, 2.05) is 0 Å². The number of phenolic OH excluding ortho intramolecular Hbond substituents is 1. The van der Waals surface area contributed by atoms with Crippen LogP contribution >= 0.6 is 0 Å². The molecule has 0 unspecified atom stereocenters. The number of nitrogens with one attached hydrogen (secondary N) is 1. The lowest BCUT2D eigenvalue weighted by Gasteiger charge is -2.04. The zero-order valence-electron chi connectivity index (χ0n) is 10.7. The summed E-state index contributed by atoms with van der Waals surface area (Å²) in [6.45, 7) is 2.57. The number of aromatic amines is 1. The first-order valence-corrected chi connectivity index (χ1v) is 6.21. The van der Waals surface area contributed by atoms with Gasteiger partial charge in [0.25, 0.3) is 0 Å². The van der Waals surface area contributed by atoms with E-state index in [4.69, 9.17) is 4.74 Å². The van der Waals surface area contributed by atoms with Crippen LogP contribution < -0.4 is 4.74 Å². The molecule has 3 nitrogen and oxygen atoms in total. The molecule has 0 aliphatic heterocycles. The van der Waals surface area contributed by atoms with Gasteiger partial charge in [0.05, 0.1) is 5.69 Å². The van der Waals surface area contributed by atoms with Gasteiger partial charge in [-0.1, -0.05) is 18.2 Å². The SMILES string of the molecule is Cc1cccc2cc(COc3ccc(O)cc3)[nH]c12. The molecule has 0 amide bonds. The third kappa shape index (κ3) is 2.40. The Hall–Kier alpha value is -2.42. The Morgan fingerprint density at radius 2 is 1.89 bits per heavy atom. The molecule has 0 atom stereocenters. The van der Waals surface area contributed by atoms with Crippen LogP contribution in [0.4, 0.5) is 0 Å². The van der Waals surface area contributed by atoms with Crippen molar-refractivity contribution in [2.24, 2.45) is 0 Å². The highest BCUT2D eigenvalue weighted by atomic mass is 16.5. The molecular weight excluding hydrogens is 238 g/mol. The van der Waals surface area contributed by atoms with Gasteiger partial charge in [-0.15, -0.1) is 0 Å². The minimum atomic E-state index is 0.244. The van der Waals surface area contributed by atoms with E-state index in [1.54, 1.807) is 24.3 Å². The van der Waals surface area contributed by atoms with Crippen LogP contribution in [0, 0.1) is 6.92 Å². The highest BCUT2D eigenvalue weighted by Gasteiger charge is 2.03. The number of benzene rings is 2. The van der Waals surface area contributed by atoms with Gasteiger partial charge in [0, 0.05) is 10.9 Å². The molecule has 0 aliphatic carbocycles. The van der Waals surface area contributed by atoms with Gasteiger partial charge < -0.3 is 14.8 Å².